The maximum atomic E-state index is 5.95. The predicted molar refractivity (Wildman–Crippen MR) is 38.7 cm³/mol. The van der Waals surface area contributed by atoms with Gasteiger partial charge in [0.25, 0.3) is 0 Å². The molecule has 0 aromatic rings. The van der Waals surface area contributed by atoms with Gasteiger partial charge in [-0.15, -0.1) is 11.6 Å². The van der Waals surface area contributed by atoms with Gasteiger partial charge in [0, 0.05) is 5.38 Å². The van der Waals surface area contributed by atoms with Crippen LogP contribution in [0.5, 0.6) is 0 Å². The Bertz CT molecular complexity index is 114. The monoisotopic (exact) mass is 145 g/mol. The molecule has 0 bridgehead atoms. The van der Waals surface area contributed by atoms with Crippen LogP contribution in [0, 0.1) is 17.8 Å². The third-order valence-electron chi connectivity index (χ3n) is 2.69. The second kappa shape index (κ2) is 1.86. The Morgan fingerprint density at radius 3 is 2.33 bits per heavy atom. The molecule has 2 aliphatic rings. The zero-order valence-corrected chi connectivity index (χ0v) is 6.36. The molecule has 0 spiro atoms. The van der Waals surface area contributed by atoms with Crippen LogP contribution in [0.2, 0.25) is 0 Å². The Morgan fingerprint density at radius 1 is 1.44 bits per heavy atom. The molecule has 1 nitrogen and oxygen atoms in total. The van der Waals surface area contributed by atoms with E-state index < -0.39 is 0 Å². The molecule has 0 aromatic carbocycles. The Balaban J connectivity index is 1.94. The van der Waals surface area contributed by atoms with Gasteiger partial charge in [0.2, 0.25) is 0 Å². The second-order valence-electron chi connectivity index (χ2n) is 3.24. The molecular weight excluding hydrogens is 134 g/mol. The van der Waals surface area contributed by atoms with Gasteiger partial charge in [0.05, 0.1) is 0 Å². The van der Waals surface area contributed by atoms with Crippen molar-refractivity contribution in [2.24, 2.45) is 17.8 Å². The van der Waals surface area contributed by atoms with E-state index in [2.05, 4.69) is 12.2 Å². The van der Waals surface area contributed by atoms with Gasteiger partial charge < -0.3 is 5.32 Å². The first-order chi connectivity index (χ1) is 4.30. The average Bonchev–Trinajstić information content (AvgIpc) is 2.30. The smallest absolute Gasteiger partial charge is 0.0342 e. The zero-order chi connectivity index (χ0) is 6.43. The molecule has 1 N–H and O–H groups in total. The van der Waals surface area contributed by atoms with Crippen molar-refractivity contribution < 1.29 is 0 Å². The van der Waals surface area contributed by atoms with Gasteiger partial charge in [-0.2, -0.15) is 0 Å². The molecule has 0 aromatic heterocycles. The van der Waals surface area contributed by atoms with Gasteiger partial charge in [-0.25, -0.2) is 0 Å². The van der Waals surface area contributed by atoms with Gasteiger partial charge in [0.15, 0.2) is 0 Å². The van der Waals surface area contributed by atoms with E-state index in [0.717, 1.165) is 17.8 Å². The van der Waals surface area contributed by atoms with E-state index in [1.165, 1.54) is 13.1 Å². The highest BCUT2D eigenvalue weighted by Crippen LogP contribution is 2.51. The van der Waals surface area contributed by atoms with Crippen molar-refractivity contribution >= 4 is 11.6 Å². The van der Waals surface area contributed by atoms with Crippen molar-refractivity contribution in [3.05, 3.63) is 0 Å². The first-order valence-corrected chi connectivity index (χ1v) is 4.09. The van der Waals surface area contributed by atoms with Crippen LogP contribution in [-0.2, 0) is 0 Å². The quantitative estimate of drug-likeness (QED) is 0.545. The minimum absolute atomic E-state index is 0.405. The van der Waals surface area contributed by atoms with E-state index in [1.54, 1.807) is 0 Å². The fourth-order valence-corrected chi connectivity index (χ4v) is 2.52. The third-order valence-corrected chi connectivity index (χ3v) is 2.98. The summed E-state index contributed by atoms with van der Waals surface area (Å²) in [7, 11) is 0. The molecule has 4 atom stereocenters. The van der Waals surface area contributed by atoms with Crippen molar-refractivity contribution in [3.8, 4) is 0 Å². The lowest BCUT2D eigenvalue weighted by Crippen LogP contribution is -2.17. The van der Waals surface area contributed by atoms with Crippen LogP contribution in [-0.4, -0.2) is 18.5 Å². The molecule has 52 valence electrons. The maximum Gasteiger partial charge on any atom is 0.0342 e. The number of fused-ring (bicyclic) bond motifs is 1. The van der Waals surface area contributed by atoms with Crippen molar-refractivity contribution in [1.29, 1.82) is 0 Å². The number of piperidine rings is 1. The van der Waals surface area contributed by atoms with Gasteiger partial charge in [0.1, 0.15) is 0 Å². The molecule has 0 amide bonds. The SMILES string of the molecule is CC(Cl)C1C2CNC[C@@H]21. The van der Waals surface area contributed by atoms with Crippen LogP contribution in [0.15, 0.2) is 0 Å². The summed E-state index contributed by atoms with van der Waals surface area (Å²) >= 11 is 5.95. The first-order valence-electron chi connectivity index (χ1n) is 3.65. The lowest BCUT2D eigenvalue weighted by Gasteiger charge is -2.04. The largest absolute Gasteiger partial charge is 0.316 e. The van der Waals surface area contributed by atoms with Crippen LogP contribution < -0.4 is 5.32 Å². The Hall–Kier alpha value is 0.250. The van der Waals surface area contributed by atoms with Gasteiger partial charge in [-0.1, -0.05) is 0 Å². The van der Waals surface area contributed by atoms with Gasteiger partial charge >= 0.3 is 0 Å². The van der Waals surface area contributed by atoms with Gasteiger partial charge in [-0.05, 0) is 37.8 Å². The summed E-state index contributed by atoms with van der Waals surface area (Å²) in [5.74, 6) is 2.70. The molecule has 1 aliphatic carbocycles. The highest BCUT2D eigenvalue weighted by atomic mass is 35.5. The van der Waals surface area contributed by atoms with E-state index in [0.29, 0.717) is 5.38 Å². The van der Waals surface area contributed by atoms with Gasteiger partial charge in [-0.3, -0.25) is 0 Å². The molecule has 1 aliphatic heterocycles. The number of hydrogen-bond acceptors (Lipinski definition) is 1. The van der Waals surface area contributed by atoms with Crippen molar-refractivity contribution in [3.63, 3.8) is 0 Å². The molecule has 2 fully saturated rings. The summed E-state index contributed by atoms with van der Waals surface area (Å²) in [6.07, 6.45) is 0. The third kappa shape index (κ3) is 0.786. The summed E-state index contributed by atoms with van der Waals surface area (Å²) in [4.78, 5) is 0. The van der Waals surface area contributed by atoms with Crippen LogP contribution in [0.3, 0.4) is 0 Å². The van der Waals surface area contributed by atoms with Crippen LogP contribution >= 0.6 is 11.6 Å². The summed E-state index contributed by atoms with van der Waals surface area (Å²) in [5, 5.41) is 3.75. The molecule has 9 heavy (non-hydrogen) atoms. The minimum Gasteiger partial charge on any atom is -0.316 e. The highest BCUT2D eigenvalue weighted by molar-refractivity contribution is 6.20. The normalized spacial score (nSPS) is 50.7. The average molecular weight is 146 g/mol. The minimum atomic E-state index is 0.405. The van der Waals surface area contributed by atoms with E-state index in [1.807, 2.05) is 0 Å². The number of nitrogens with one attached hydrogen (secondary N) is 1. The van der Waals surface area contributed by atoms with E-state index >= 15 is 0 Å². The highest BCUT2D eigenvalue weighted by Gasteiger charge is 2.54. The Morgan fingerprint density at radius 2 is 2.00 bits per heavy atom. The van der Waals surface area contributed by atoms with Crippen molar-refractivity contribution in [1.82, 2.24) is 5.32 Å². The summed E-state index contributed by atoms with van der Waals surface area (Å²) in [6, 6.07) is 0. The molecule has 0 radical (unpaired) electrons. The van der Waals surface area contributed by atoms with E-state index in [4.69, 9.17) is 11.6 Å². The summed E-state index contributed by atoms with van der Waals surface area (Å²) in [6.45, 7) is 4.54. The predicted octanol–water partition coefficient (Wildman–Crippen LogP) is 1.08. The lowest BCUT2D eigenvalue weighted by atomic mass is 10.2. The van der Waals surface area contributed by atoms with E-state index in [-0.39, 0.29) is 0 Å². The Kier molecular flexibility index (Phi) is 1.24. The zero-order valence-electron chi connectivity index (χ0n) is 5.60. The molecule has 1 saturated carbocycles. The number of halogens is 1. The summed E-state index contributed by atoms with van der Waals surface area (Å²) < 4.78 is 0. The fraction of sp³-hybridized carbons (Fsp3) is 1.00. The Labute approximate surface area is 60.8 Å². The van der Waals surface area contributed by atoms with Crippen molar-refractivity contribution in [2.75, 3.05) is 13.1 Å². The van der Waals surface area contributed by atoms with Crippen molar-refractivity contribution in [2.45, 2.75) is 12.3 Å². The molecule has 1 saturated heterocycles. The maximum absolute atomic E-state index is 5.95. The van der Waals surface area contributed by atoms with Crippen LogP contribution in [0.25, 0.3) is 0 Å². The number of alkyl halides is 1. The number of rotatable bonds is 1. The molecule has 3 unspecified atom stereocenters. The topological polar surface area (TPSA) is 12.0 Å². The standard InChI is InChI=1S/C7H12ClN/c1-4(8)7-5-2-9-3-6(5)7/h4-7,9H,2-3H2,1H3/t4?,5-,6?,7?/m0/s1. The lowest BCUT2D eigenvalue weighted by molar-refractivity contribution is 0.588. The van der Waals surface area contributed by atoms with Crippen LogP contribution in [0.4, 0.5) is 0 Å². The van der Waals surface area contributed by atoms with Crippen LogP contribution in [0.1, 0.15) is 6.92 Å². The molecule has 2 heteroatoms. The second-order valence-corrected chi connectivity index (χ2v) is 3.93. The molecule has 1 heterocycles. The first kappa shape index (κ1) is 5.99. The number of hydrogen-bond donors (Lipinski definition) is 1. The molecule has 2 rings (SSSR count). The van der Waals surface area contributed by atoms with E-state index in [9.17, 15) is 0 Å². The summed E-state index contributed by atoms with van der Waals surface area (Å²) in [5.41, 5.74) is 0. The fourth-order valence-electron chi connectivity index (χ4n) is 2.15. The molecular formula is C7H12ClN.